The zero-order valence-corrected chi connectivity index (χ0v) is 15.3. The number of ether oxygens (including phenoxy) is 1. The minimum Gasteiger partial charge on any atom is -0.508 e. The van der Waals surface area contributed by atoms with Gasteiger partial charge in [-0.25, -0.2) is 0 Å². The Bertz CT molecular complexity index is 953. The summed E-state index contributed by atoms with van der Waals surface area (Å²) in [6.45, 7) is 3.15. The first-order valence-corrected chi connectivity index (χ1v) is 8.98. The highest BCUT2D eigenvalue weighted by molar-refractivity contribution is 5.98. The number of ketones is 2. The SMILES string of the molecule is COc1ccc(C(C)=O)c2c1C1(CCc3c(C(C)=O)ccc(O)c31)CC2. The monoisotopic (exact) mass is 350 g/mol. The maximum Gasteiger partial charge on any atom is 0.160 e. The Labute approximate surface area is 152 Å². The molecule has 0 fully saturated rings. The van der Waals surface area contributed by atoms with Crippen molar-refractivity contribution < 1.29 is 19.4 Å². The maximum absolute atomic E-state index is 12.1. The number of methoxy groups -OCH3 is 1. The Balaban J connectivity index is 2.04. The molecule has 4 heteroatoms. The summed E-state index contributed by atoms with van der Waals surface area (Å²) in [7, 11) is 1.64. The van der Waals surface area contributed by atoms with E-state index >= 15 is 0 Å². The molecule has 0 aliphatic heterocycles. The second-order valence-electron chi connectivity index (χ2n) is 7.35. The van der Waals surface area contributed by atoms with Crippen molar-refractivity contribution in [1.82, 2.24) is 0 Å². The molecule has 4 rings (SSSR count). The van der Waals surface area contributed by atoms with Gasteiger partial charge < -0.3 is 9.84 Å². The number of phenols is 1. The van der Waals surface area contributed by atoms with Crippen LogP contribution in [0, 0.1) is 0 Å². The normalized spacial score (nSPS) is 20.1. The van der Waals surface area contributed by atoms with E-state index in [1.165, 1.54) is 0 Å². The molecule has 2 aromatic rings. The van der Waals surface area contributed by atoms with E-state index in [0.29, 0.717) is 5.56 Å². The molecule has 0 bridgehead atoms. The van der Waals surface area contributed by atoms with E-state index in [-0.39, 0.29) is 17.3 Å². The molecule has 26 heavy (non-hydrogen) atoms. The van der Waals surface area contributed by atoms with Crippen LogP contribution in [0.2, 0.25) is 0 Å². The molecule has 2 aromatic carbocycles. The molecule has 0 saturated carbocycles. The van der Waals surface area contributed by atoms with Crippen molar-refractivity contribution in [2.24, 2.45) is 0 Å². The van der Waals surface area contributed by atoms with Crippen LogP contribution in [0.3, 0.4) is 0 Å². The van der Waals surface area contributed by atoms with E-state index in [1.807, 2.05) is 12.1 Å². The lowest BCUT2D eigenvalue weighted by molar-refractivity contribution is 0.100. The zero-order chi connectivity index (χ0) is 18.6. The minimum absolute atomic E-state index is 0.0148. The lowest BCUT2D eigenvalue weighted by Crippen LogP contribution is -2.22. The fourth-order valence-electron chi connectivity index (χ4n) is 5.10. The number of phenolic OH excluding ortho intramolecular Hbond substituents is 1. The van der Waals surface area contributed by atoms with Gasteiger partial charge in [0.25, 0.3) is 0 Å². The van der Waals surface area contributed by atoms with Crippen molar-refractivity contribution in [3.63, 3.8) is 0 Å². The molecule has 1 unspecified atom stereocenters. The third-order valence-corrected chi connectivity index (χ3v) is 6.10. The van der Waals surface area contributed by atoms with Crippen LogP contribution in [-0.2, 0) is 18.3 Å². The largest absolute Gasteiger partial charge is 0.508 e. The molecule has 0 radical (unpaired) electrons. The molecule has 4 nitrogen and oxygen atoms in total. The average molecular weight is 350 g/mol. The number of Topliss-reactive ketones (excluding diaryl/α,β-unsaturated/α-hetero) is 2. The Morgan fingerprint density at radius 2 is 1.46 bits per heavy atom. The van der Waals surface area contributed by atoms with E-state index in [9.17, 15) is 14.7 Å². The van der Waals surface area contributed by atoms with Crippen LogP contribution in [0.1, 0.15) is 69.7 Å². The van der Waals surface area contributed by atoms with E-state index in [0.717, 1.165) is 59.3 Å². The summed E-state index contributed by atoms with van der Waals surface area (Å²) in [4.78, 5) is 24.2. The molecule has 0 aromatic heterocycles. The van der Waals surface area contributed by atoms with Crippen LogP contribution in [0.4, 0.5) is 0 Å². The summed E-state index contributed by atoms with van der Waals surface area (Å²) in [6, 6.07) is 7.03. The number of hydrogen-bond donors (Lipinski definition) is 1. The highest BCUT2D eigenvalue weighted by atomic mass is 16.5. The number of hydrogen-bond acceptors (Lipinski definition) is 4. The van der Waals surface area contributed by atoms with E-state index < -0.39 is 5.41 Å². The summed E-state index contributed by atoms with van der Waals surface area (Å²) in [6.07, 6.45) is 3.13. The molecule has 0 amide bonds. The van der Waals surface area contributed by atoms with Gasteiger partial charge in [-0.1, -0.05) is 0 Å². The second kappa shape index (κ2) is 5.70. The molecule has 1 spiro atoms. The van der Waals surface area contributed by atoms with Crippen molar-refractivity contribution in [2.45, 2.75) is 44.9 Å². The average Bonchev–Trinajstić information content (AvgIpc) is 3.18. The fraction of sp³-hybridized carbons (Fsp3) is 0.364. The first-order valence-electron chi connectivity index (χ1n) is 8.98. The zero-order valence-electron chi connectivity index (χ0n) is 15.3. The topological polar surface area (TPSA) is 63.6 Å². The number of carbonyl (C=O) groups is 2. The summed E-state index contributed by atoms with van der Waals surface area (Å²) >= 11 is 0. The van der Waals surface area contributed by atoms with Crippen LogP contribution in [0.15, 0.2) is 24.3 Å². The van der Waals surface area contributed by atoms with E-state index in [4.69, 9.17) is 4.74 Å². The van der Waals surface area contributed by atoms with E-state index in [1.54, 1.807) is 33.1 Å². The fourth-order valence-corrected chi connectivity index (χ4v) is 5.10. The van der Waals surface area contributed by atoms with Crippen LogP contribution in [0.5, 0.6) is 11.5 Å². The highest BCUT2D eigenvalue weighted by Crippen LogP contribution is 2.58. The van der Waals surface area contributed by atoms with Crippen LogP contribution >= 0.6 is 0 Å². The number of carbonyl (C=O) groups excluding carboxylic acids is 2. The van der Waals surface area contributed by atoms with E-state index in [2.05, 4.69) is 0 Å². The highest BCUT2D eigenvalue weighted by Gasteiger charge is 2.49. The number of rotatable bonds is 3. The van der Waals surface area contributed by atoms with Crippen LogP contribution < -0.4 is 4.74 Å². The van der Waals surface area contributed by atoms with Crippen LogP contribution in [-0.4, -0.2) is 23.8 Å². The summed E-state index contributed by atoms with van der Waals surface area (Å²) in [5.41, 5.74) is 4.86. The molecular weight excluding hydrogens is 328 g/mol. The number of benzene rings is 2. The molecule has 2 aliphatic carbocycles. The Hall–Kier alpha value is -2.62. The lowest BCUT2D eigenvalue weighted by atomic mass is 9.75. The van der Waals surface area contributed by atoms with Gasteiger partial charge in [0, 0.05) is 27.7 Å². The smallest absolute Gasteiger partial charge is 0.160 e. The maximum atomic E-state index is 12.1. The second-order valence-corrected chi connectivity index (χ2v) is 7.35. The molecule has 0 saturated heterocycles. The summed E-state index contributed by atoms with van der Waals surface area (Å²) < 4.78 is 5.65. The Morgan fingerprint density at radius 3 is 2.00 bits per heavy atom. The molecular formula is C22H22O4. The summed E-state index contributed by atoms with van der Waals surface area (Å²) in [5, 5.41) is 10.7. The third kappa shape index (κ3) is 2.08. The van der Waals surface area contributed by atoms with Crippen LogP contribution in [0.25, 0.3) is 0 Å². The van der Waals surface area contributed by atoms with Gasteiger partial charge in [-0.2, -0.15) is 0 Å². The Morgan fingerprint density at radius 1 is 0.923 bits per heavy atom. The number of fused-ring (bicyclic) bond motifs is 4. The van der Waals surface area contributed by atoms with Gasteiger partial charge in [0.05, 0.1) is 7.11 Å². The van der Waals surface area contributed by atoms with Crippen molar-refractivity contribution in [1.29, 1.82) is 0 Å². The standard InChI is InChI=1S/C22H22O4/c1-12(23)14-4-6-18(25)20-16(14)8-10-22(20)11-9-17-15(13(2)24)5-7-19(26-3)21(17)22/h4-7,25H,8-11H2,1-3H3. The molecule has 2 aliphatic rings. The first kappa shape index (κ1) is 16.8. The van der Waals surface area contributed by atoms with Gasteiger partial charge in [0.2, 0.25) is 0 Å². The molecule has 134 valence electrons. The lowest BCUT2D eigenvalue weighted by Gasteiger charge is -2.29. The first-order chi connectivity index (χ1) is 12.4. The van der Waals surface area contributed by atoms with Crippen molar-refractivity contribution in [3.8, 4) is 11.5 Å². The van der Waals surface area contributed by atoms with Crippen molar-refractivity contribution >= 4 is 11.6 Å². The molecule has 1 N–H and O–H groups in total. The van der Waals surface area contributed by atoms with Gasteiger partial charge in [0.1, 0.15) is 11.5 Å². The van der Waals surface area contributed by atoms with Crippen molar-refractivity contribution in [3.05, 3.63) is 57.6 Å². The number of aromatic hydroxyl groups is 1. The van der Waals surface area contributed by atoms with Gasteiger partial charge >= 0.3 is 0 Å². The molecule has 0 heterocycles. The van der Waals surface area contributed by atoms with Gasteiger partial charge in [-0.05, 0) is 74.9 Å². The van der Waals surface area contributed by atoms with Gasteiger partial charge in [-0.15, -0.1) is 0 Å². The minimum atomic E-state index is -0.392. The van der Waals surface area contributed by atoms with Crippen molar-refractivity contribution in [2.75, 3.05) is 7.11 Å². The quantitative estimate of drug-likeness (QED) is 0.851. The van der Waals surface area contributed by atoms with Gasteiger partial charge in [-0.3, -0.25) is 9.59 Å². The van der Waals surface area contributed by atoms with Gasteiger partial charge in [0.15, 0.2) is 11.6 Å². The Kier molecular flexibility index (Phi) is 3.69. The third-order valence-electron chi connectivity index (χ3n) is 6.10. The predicted octanol–water partition coefficient (Wildman–Crippen LogP) is 3.98. The predicted molar refractivity (Wildman–Crippen MR) is 98.5 cm³/mol. The molecule has 1 atom stereocenters. The summed E-state index contributed by atoms with van der Waals surface area (Å²) in [5.74, 6) is 1.04.